The van der Waals surface area contributed by atoms with Gasteiger partial charge in [0.2, 0.25) is 5.79 Å². The van der Waals surface area contributed by atoms with Crippen molar-refractivity contribution in [1.82, 2.24) is 0 Å². The van der Waals surface area contributed by atoms with Gasteiger partial charge in [-0.2, -0.15) is 0 Å². The lowest BCUT2D eigenvalue weighted by Crippen LogP contribution is -2.40. The van der Waals surface area contributed by atoms with Gasteiger partial charge in [0, 0.05) is 26.4 Å². The van der Waals surface area contributed by atoms with Crippen molar-refractivity contribution in [3.63, 3.8) is 0 Å². The second kappa shape index (κ2) is 2.86. The van der Waals surface area contributed by atoms with Crippen LogP contribution in [-0.4, -0.2) is 12.9 Å². The van der Waals surface area contributed by atoms with Crippen LogP contribution in [-0.2, 0) is 9.47 Å². The van der Waals surface area contributed by atoms with Gasteiger partial charge in [-0.05, 0) is 6.42 Å². The fourth-order valence-electron chi connectivity index (χ4n) is 1.32. The summed E-state index contributed by atoms with van der Waals surface area (Å²) in [6.45, 7) is 7.88. The average molecular weight is 156 g/mol. The summed E-state index contributed by atoms with van der Waals surface area (Å²) in [4.78, 5) is 0. The summed E-state index contributed by atoms with van der Waals surface area (Å²) in [6, 6.07) is 0. The lowest BCUT2D eigenvalue weighted by Gasteiger charge is -2.39. The molecule has 0 amide bonds. The first-order valence-electron chi connectivity index (χ1n) is 4.00. The predicted molar refractivity (Wildman–Crippen MR) is 44.0 cm³/mol. The summed E-state index contributed by atoms with van der Waals surface area (Å²) in [5.41, 5.74) is 0. The molecule has 11 heavy (non-hydrogen) atoms. The quantitative estimate of drug-likeness (QED) is 0.580. The van der Waals surface area contributed by atoms with E-state index in [0.29, 0.717) is 5.92 Å². The smallest absolute Gasteiger partial charge is 0.209 e. The van der Waals surface area contributed by atoms with E-state index in [-0.39, 0.29) is 0 Å². The third kappa shape index (κ3) is 1.56. The van der Waals surface area contributed by atoms with E-state index in [1.807, 2.05) is 6.92 Å². The first-order chi connectivity index (χ1) is 5.08. The Balaban J connectivity index is 2.67. The highest BCUT2D eigenvalue weighted by atomic mass is 16.7. The Bertz CT molecular complexity index is 165. The van der Waals surface area contributed by atoms with Gasteiger partial charge in [-0.15, -0.1) is 0 Å². The molecule has 0 aliphatic carbocycles. The molecule has 1 fully saturated rings. The minimum Gasteiger partial charge on any atom is -0.467 e. The highest BCUT2D eigenvalue weighted by molar-refractivity contribution is 4.93. The standard InChI is InChI=1S/C9H16O2/c1-7-5-6-8(2)11-9(7,3)10-4/h7H,2,5-6H2,1,3-4H3. The molecule has 2 unspecified atom stereocenters. The van der Waals surface area contributed by atoms with Crippen LogP contribution in [0.15, 0.2) is 12.3 Å². The zero-order valence-corrected chi connectivity index (χ0v) is 7.52. The Hall–Kier alpha value is -0.500. The van der Waals surface area contributed by atoms with Crippen molar-refractivity contribution in [3.05, 3.63) is 12.3 Å². The van der Waals surface area contributed by atoms with Gasteiger partial charge in [0.15, 0.2) is 0 Å². The highest BCUT2D eigenvalue weighted by Crippen LogP contribution is 2.35. The van der Waals surface area contributed by atoms with Crippen molar-refractivity contribution in [2.24, 2.45) is 5.92 Å². The topological polar surface area (TPSA) is 18.5 Å². The summed E-state index contributed by atoms with van der Waals surface area (Å²) in [7, 11) is 1.68. The van der Waals surface area contributed by atoms with E-state index >= 15 is 0 Å². The molecule has 2 nitrogen and oxygen atoms in total. The van der Waals surface area contributed by atoms with Crippen LogP contribution in [0.3, 0.4) is 0 Å². The highest BCUT2D eigenvalue weighted by Gasteiger charge is 2.36. The van der Waals surface area contributed by atoms with Crippen LogP contribution in [0, 0.1) is 5.92 Å². The van der Waals surface area contributed by atoms with Gasteiger partial charge in [-0.3, -0.25) is 0 Å². The average Bonchev–Trinajstić information content (AvgIpc) is 1.98. The van der Waals surface area contributed by atoms with E-state index in [1.54, 1.807) is 7.11 Å². The molecule has 64 valence electrons. The first kappa shape index (κ1) is 8.60. The van der Waals surface area contributed by atoms with E-state index in [1.165, 1.54) is 0 Å². The molecule has 0 aromatic rings. The lowest BCUT2D eigenvalue weighted by atomic mass is 9.93. The van der Waals surface area contributed by atoms with Crippen LogP contribution >= 0.6 is 0 Å². The molecular formula is C9H16O2. The van der Waals surface area contributed by atoms with Crippen molar-refractivity contribution in [1.29, 1.82) is 0 Å². The van der Waals surface area contributed by atoms with E-state index in [4.69, 9.17) is 9.47 Å². The molecule has 2 heteroatoms. The molecule has 0 aromatic heterocycles. The predicted octanol–water partition coefficient (Wildman–Crippen LogP) is 2.31. The zero-order valence-electron chi connectivity index (χ0n) is 7.52. The monoisotopic (exact) mass is 156 g/mol. The summed E-state index contributed by atoms with van der Waals surface area (Å²) >= 11 is 0. The van der Waals surface area contributed by atoms with Gasteiger partial charge in [0.25, 0.3) is 0 Å². The Morgan fingerprint density at radius 2 is 2.36 bits per heavy atom. The number of methoxy groups -OCH3 is 1. The summed E-state index contributed by atoms with van der Waals surface area (Å²) in [5.74, 6) is 0.834. The Morgan fingerprint density at radius 1 is 1.73 bits per heavy atom. The molecule has 0 radical (unpaired) electrons. The Morgan fingerprint density at radius 3 is 2.82 bits per heavy atom. The number of hydrogen-bond donors (Lipinski definition) is 0. The minimum atomic E-state index is -0.449. The van der Waals surface area contributed by atoms with Gasteiger partial charge >= 0.3 is 0 Å². The normalized spacial score (nSPS) is 38.5. The molecule has 1 saturated heterocycles. The molecular weight excluding hydrogens is 140 g/mol. The van der Waals surface area contributed by atoms with Crippen LogP contribution < -0.4 is 0 Å². The van der Waals surface area contributed by atoms with Crippen LogP contribution in [0.2, 0.25) is 0 Å². The van der Waals surface area contributed by atoms with Crippen molar-refractivity contribution < 1.29 is 9.47 Å². The van der Waals surface area contributed by atoms with E-state index in [0.717, 1.165) is 18.6 Å². The molecule has 0 aromatic carbocycles. The first-order valence-corrected chi connectivity index (χ1v) is 4.00. The van der Waals surface area contributed by atoms with Crippen molar-refractivity contribution in [3.8, 4) is 0 Å². The van der Waals surface area contributed by atoms with Crippen LogP contribution in [0.1, 0.15) is 26.7 Å². The van der Waals surface area contributed by atoms with E-state index < -0.39 is 5.79 Å². The molecule has 2 atom stereocenters. The molecule has 1 heterocycles. The summed E-state index contributed by atoms with van der Waals surface area (Å²) in [6.07, 6.45) is 2.06. The molecule has 0 bridgehead atoms. The SMILES string of the molecule is C=C1CCC(C)C(C)(OC)O1. The summed E-state index contributed by atoms with van der Waals surface area (Å²) in [5, 5.41) is 0. The van der Waals surface area contributed by atoms with Crippen LogP contribution in [0.4, 0.5) is 0 Å². The fraction of sp³-hybridized carbons (Fsp3) is 0.778. The van der Waals surface area contributed by atoms with Gasteiger partial charge in [-0.25, -0.2) is 0 Å². The number of allylic oxidation sites excluding steroid dienone is 1. The van der Waals surface area contributed by atoms with Crippen LogP contribution in [0.5, 0.6) is 0 Å². The Kier molecular flexibility index (Phi) is 2.23. The lowest BCUT2D eigenvalue weighted by molar-refractivity contribution is -0.232. The summed E-state index contributed by atoms with van der Waals surface area (Å²) < 4.78 is 10.8. The molecule has 1 aliphatic heterocycles. The van der Waals surface area contributed by atoms with Crippen molar-refractivity contribution in [2.75, 3.05) is 7.11 Å². The number of rotatable bonds is 1. The third-order valence-corrected chi connectivity index (χ3v) is 2.50. The van der Waals surface area contributed by atoms with E-state index in [2.05, 4.69) is 13.5 Å². The van der Waals surface area contributed by atoms with Crippen LogP contribution in [0.25, 0.3) is 0 Å². The number of ether oxygens (including phenoxy) is 2. The molecule has 1 aliphatic rings. The van der Waals surface area contributed by atoms with Gasteiger partial charge in [0.05, 0.1) is 5.76 Å². The maximum Gasteiger partial charge on any atom is 0.209 e. The number of hydrogen-bond acceptors (Lipinski definition) is 2. The second-order valence-electron chi connectivity index (χ2n) is 3.30. The molecule has 0 N–H and O–H groups in total. The second-order valence-corrected chi connectivity index (χ2v) is 3.30. The van der Waals surface area contributed by atoms with Crippen molar-refractivity contribution in [2.45, 2.75) is 32.5 Å². The maximum atomic E-state index is 5.52. The molecule has 1 rings (SSSR count). The Labute approximate surface area is 68.2 Å². The molecule has 0 spiro atoms. The van der Waals surface area contributed by atoms with Gasteiger partial charge in [-0.1, -0.05) is 13.5 Å². The zero-order chi connectivity index (χ0) is 8.48. The van der Waals surface area contributed by atoms with Gasteiger partial charge in [0.1, 0.15) is 0 Å². The fourth-order valence-corrected chi connectivity index (χ4v) is 1.32. The van der Waals surface area contributed by atoms with Gasteiger partial charge < -0.3 is 9.47 Å². The third-order valence-electron chi connectivity index (χ3n) is 2.50. The van der Waals surface area contributed by atoms with E-state index in [9.17, 15) is 0 Å². The molecule has 0 saturated carbocycles. The largest absolute Gasteiger partial charge is 0.467 e. The minimum absolute atomic E-state index is 0.443. The maximum absolute atomic E-state index is 5.52. The van der Waals surface area contributed by atoms with Crippen molar-refractivity contribution >= 4 is 0 Å².